The number of carbonyl (C=O) groups is 1. The molecular formula is C25H29F2N3O2. The van der Waals surface area contributed by atoms with Gasteiger partial charge in [-0.25, -0.2) is 8.78 Å². The van der Waals surface area contributed by atoms with Crippen LogP contribution in [0.4, 0.5) is 8.78 Å². The Hall–Kier alpha value is -2.93. The molecule has 1 aliphatic rings. The minimum absolute atomic E-state index is 0.149. The number of amides is 1. The summed E-state index contributed by atoms with van der Waals surface area (Å²) in [5.41, 5.74) is 8.46. The average Bonchev–Trinajstić information content (AvgIpc) is 3.16. The fourth-order valence-corrected chi connectivity index (χ4v) is 4.68. The van der Waals surface area contributed by atoms with Gasteiger partial charge >= 0.3 is 0 Å². The second-order valence-electron chi connectivity index (χ2n) is 8.56. The first-order valence-corrected chi connectivity index (χ1v) is 11.2. The number of ether oxygens (including phenoxy) is 1. The molecule has 0 saturated carbocycles. The molecule has 2 heterocycles. The predicted molar refractivity (Wildman–Crippen MR) is 121 cm³/mol. The van der Waals surface area contributed by atoms with E-state index < -0.39 is 11.7 Å². The number of primary amides is 1. The number of nitrogens with one attached hydrogen (secondary N) is 1. The summed E-state index contributed by atoms with van der Waals surface area (Å²) in [6.07, 6.45) is 5.33. The summed E-state index contributed by atoms with van der Waals surface area (Å²) in [4.78, 5) is 17.4. The number of aromatic nitrogens is 1. The molecule has 1 aliphatic heterocycles. The summed E-state index contributed by atoms with van der Waals surface area (Å²) < 4.78 is 33.5. The maximum atomic E-state index is 14.1. The van der Waals surface area contributed by atoms with Crippen LogP contribution >= 0.6 is 0 Å². The van der Waals surface area contributed by atoms with Crippen molar-refractivity contribution >= 4 is 16.8 Å². The molecule has 2 aromatic carbocycles. The van der Waals surface area contributed by atoms with E-state index in [0.29, 0.717) is 24.2 Å². The van der Waals surface area contributed by atoms with Crippen molar-refractivity contribution in [3.8, 4) is 5.75 Å². The molecule has 170 valence electrons. The van der Waals surface area contributed by atoms with Crippen LogP contribution in [0, 0.1) is 17.6 Å². The molecule has 3 aromatic rings. The van der Waals surface area contributed by atoms with Gasteiger partial charge in [0.1, 0.15) is 5.82 Å². The second-order valence-corrected chi connectivity index (χ2v) is 8.56. The van der Waals surface area contributed by atoms with Crippen LogP contribution < -0.4 is 10.5 Å². The Labute approximate surface area is 186 Å². The standard InChI is InChI=1S/C25H29F2N3O2/c1-2-9-30(10-3-4-17-13-29-23-8-5-18(26)12-20(17)23)14-16-11-21-19(25(28)31)6-7-22(27)24(21)32-15-16/h5-8,12-13,16,29H,2-4,9-11,14-15H2,1H3,(H2,28,31). The fraction of sp³-hybridized carbons (Fsp3) is 0.400. The van der Waals surface area contributed by atoms with Gasteiger partial charge in [-0.3, -0.25) is 4.79 Å². The first kappa shape index (κ1) is 22.3. The Morgan fingerprint density at radius 3 is 2.88 bits per heavy atom. The molecule has 0 spiro atoms. The van der Waals surface area contributed by atoms with E-state index in [9.17, 15) is 13.6 Å². The summed E-state index contributed by atoms with van der Waals surface area (Å²) in [6.45, 7) is 5.18. The lowest BCUT2D eigenvalue weighted by molar-refractivity contribution is 0.0995. The molecule has 4 rings (SSSR count). The van der Waals surface area contributed by atoms with E-state index in [1.54, 1.807) is 12.1 Å². The Balaban J connectivity index is 1.39. The molecule has 0 bridgehead atoms. The molecule has 0 saturated heterocycles. The van der Waals surface area contributed by atoms with Crippen LogP contribution in [-0.2, 0) is 12.8 Å². The van der Waals surface area contributed by atoms with Crippen LogP contribution in [-0.4, -0.2) is 42.0 Å². The van der Waals surface area contributed by atoms with Crippen LogP contribution in [0.15, 0.2) is 36.5 Å². The first-order valence-electron chi connectivity index (χ1n) is 11.2. The Morgan fingerprint density at radius 2 is 2.09 bits per heavy atom. The molecule has 1 aromatic heterocycles. The predicted octanol–water partition coefficient (Wildman–Crippen LogP) is 4.44. The maximum absolute atomic E-state index is 14.1. The minimum atomic E-state index is -0.564. The van der Waals surface area contributed by atoms with Crippen LogP contribution in [0.1, 0.15) is 41.3 Å². The SMILES string of the molecule is CCCN(CCCc1c[nH]c2ccc(F)cc12)CC1COc2c(F)ccc(C(N)=O)c2C1. The van der Waals surface area contributed by atoms with Crippen molar-refractivity contribution in [2.24, 2.45) is 11.7 Å². The second kappa shape index (κ2) is 9.69. The quantitative estimate of drug-likeness (QED) is 0.516. The molecule has 7 heteroatoms. The van der Waals surface area contributed by atoms with Gasteiger partial charge in [-0.05, 0) is 74.7 Å². The lowest BCUT2D eigenvalue weighted by Crippen LogP contribution is -2.37. The third-order valence-corrected chi connectivity index (χ3v) is 6.14. The molecule has 0 fully saturated rings. The monoisotopic (exact) mass is 441 g/mol. The number of hydrogen-bond donors (Lipinski definition) is 2. The van der Waals surface area contributed by atoms with Gasteiger partial charge in [0.15, 0.2) is 11.6 Å². The fourth-order valence-electron chi connectivity index (χ4n) is 4.68. The summed E-state index contributed by atoms with van der Waals surface area (Å²) in [7, 11) is 0. The summed E-state index contributed by atoms with van der Waals surface area (Å²) in [6, 6.07) is 7.49. The third-order valence-electron chi connectivity index (χ3n) is 6.14. The Bertz CT molecular complexity index is 1110. The van der Waals surface area contributed by atoms with E-state index in [2.05, 4.69) is 16.8 Å². The normalized spacial score (nSPS) is 15.7. The molecular weight excluding hydrogens is 412 g/mol. The van der Waals surface area contributed by atoms with Crippen LogP contribution in [0.25, 0.3) is 10.9 Å². The summed E-state index contributed by atoms with van der Waals surface area (Å²) >= 11 is 0. The van der Waals surface area contributed by atoms with Crippen LogP contribution in [0.2, 0.25) is 0 Å². The number of H-pyrrole nitrogens is 1. The van der Waals surface area contributed by atoms with Crippen LogP contribution in [0.3, 0.4) is 0 Å². The van der Waals surface area contributed by atoms with Gasteiger partial charge in [0.25, 0.3) is 0 Å². The number of nitrogens with zero attached hydrogens (tertiary/aromatic N) is 1. The van der Waals surface area contributed by atoms with Crippen molar-refractivity contribution in [2.75, 3.05) is 26.2 Å². The minimum Gasteiger partial charge on any atom is -0.490 e. The molecule has 1 unspecified atom stereocenters. The van der Waals surface area contributed by atoms with Gasteiger partial charge in [0, 0.05) is 40.7 Å². The molecule has 32 heavy (non-hydrogen) atoms. The third kappa shape index (κ3) is 4.78. The summed E-state index contributed by atoms with van der Waals surface area (Å²) in [5, 5.41) is 0.935. The van der Waals surface area contributed by atoms with Crippen molar-refractivity contribution < 1.29 is 18.3 Å². The Morgan fingerprint density at radius 1 is 1.25 bits per heavy atom. The van der Waals surface area contributed by atoms with Crippen molar-refractivity contribution in [3.63, 3.8) is 0 Å². The molecule has 1 atom stereocenters. The Kier molecular flexibility index (Phi) is 6.74. The number of aryl methyl sites for hydroxylation is 1. The number of hydrogen-bond acceptors (Lipinski definition) is 3. The zero-order valence-electron chi connectivity index (χ0n) is 18.3. The highest BCUT2D eigenvalue weighted by Gasteiger charge is 2.28. The van der Waals surface area contributed by atoms with E-state index in [4.69, 9.17) is 10.5 Å². The zero-order chi connectivity index (χ0) is 22.7. The van der Waals surface area contributed by atoms with E-state index in [-0.39, 0.29) is 17.5 Å². The van der Waals surface area contributed by atoms with Gasteiger partial charge in [0.2, 0.25) is 5.91 Å². The van der Waals surface area contributed by atoms with Gasteiger partial charge < -0.3 is 20.4 Å². The number of halogens is 2. The number of fused-ring (bicyclic) bond motifs is 2. The first-order chi connectivity index (χ1) is 15.5. The number of aromatic amines is 1. The van der Waals surface area contributed by atoms with E-state index in [1.165, 1.54) is 18.2 Å². The topological polar surface area (TPSA) is 71.3 Å². The van der Waals surface area contributed by atoms with Gasteiger partial charge in [-0.2, -0.15) is 0 Å². The van der Waals surface area contributed by atoms with Crippen molar-refractivity contribution in [2.45, 2.75) is 32.6 Å². The summed E-state index contributed by atoms with van der Waals surface area (Å²) in [5.74, 6) is -0.937. The maximum Gasteiger partial charge on any atom is 0.249 e. The van der Waals surface area contributed by atoms with Crippen molar-refractivity contribution in [1.29, 1.82) is 0 Å². The molecule has 0 aliphatic carbocycles. The number of rotatable bonds is 9. The van der Waals surface area contributed by atoms with Gasteiger partial charge in [0.05, 0.1) is 6.61 Å². The number of carbonyl (C=O) groups excluding carboxylic acids is 1. The van der Waals surface area contributed by atoms with E-state index in [1.807, 2.05) is 6.20 Å². The largest absolute Gasteiger partial charge is 0.490 e. The highest BCUT2D eigenvalue weighted by molar-refractivity contribution is 5.95. The number of benzene rings is 2. The van der Waals surface area contributed by atoms with E-state index in [0.717, 1.165) is 55.4 Å². The molecule has 0 radical (unpaired) electrons. The lowest BCUT2D eigenvalue weighted by Gasteiger charge is -2.31. The molecule has 1 amide bonds. The van der Waals surface area contributed by atoms with Gasteiger partial charge in [-0.15, -0.1) is 0 Å². The highest BCUT2D eigenvalue weighted by Crippen LogP contribution is 2.33. The smallest absolute Gasteiger partial charge is 0.249 e. The van der Waals surface area contributed by atoms with Crippen LogP contribution in [0.5, 0.6) is 5.75 Å². The highest BCUT2D eigenvalue weighted by atomic mass is 19.1. The zero-order valence-corrected chi connectivity index (χ0v) is 18.3. The number of nitrogens with two attached hydrogens (primary N) is 1. The van der Waals surface area contributed by atoms with Crippen molar-refractivity contribution in [3.05, 3.63) is 64.9 Å². The van der Waals surface area contributed by atoms with Crippen molar-refractivity contribution in [1.82, 2.24) is 9.88 Å². The lowest BCUT2D eigenvalue weighted by atomic mass is 9.92. The van der Waals surface area contributed by atoms with E-state index >= 15 is 0 Å². The average molecular weight is 442 g/mol. The molecule has 5 nitrogen and oxygen atoms in total. The molecule has 3 N–H and O–H groups in total. The van der Waals surface area contributed by atoms with Gasteiger partial charge in [-0.1, -0.05) is 6.92 Å².